The Balaban J connectivity index is 1.09. The monoisotopic (exact) mass is 957 g/mol. The first-order valence-corrected chi connectivity index (χ1v) is 22.7. The molecule has 1 fully saturated rings. The predicted molar refractivity (Wildman–Crippen MR) is 232 cm³/mol. The van der Waals surface area contributed by atoms with Gasteiger partial charge in [0.2, 0.25) is 17.1 Å². The summed E-state index contributed by atoms with van der Waals surface area (Å²) in [4.78, 5) is 88.3. The molecule has 0 spiro atoms. The van der Waals surface area contributed by atoms with Crippen LogP contribution in [0.5, 0.6) is 0 Å². The number of phosphoric acid groups is 2. The lowest BCUT2D eigenvalue weighted by molar-refractivity contribution is -0.745. The number of aromatic carboxylic acids is 1. The second-order valence-corrected chi connectivity index (χ2v) is 18.2. The number of carboxylic acids is 1. The molecule has 2 aromatic carbocycles. The number of aromatic nitrogens is 4. The number of amides is 2. The molecule has 66 heavy (non-hydrogen) atoms. The molecule has 10 N–H and O–H groups in total. The number of carbonyl (C=O) groups excluding carboxylic acids is 2. The first-order chi connectivity index (χ1) is 31.0. The van der Waals surface area contributed by atoms with E-state index >= 15 is 0 Å². The van der Waals surface area contributed by atoms with Crippen molar-refractivity contribution in [2.45, 2.75) is 24.5 Å². The Kier molecular flexibility index (Phi) is 13.2. The van der Waals surface area contributed by atoms with Gasteiger partial charge in [-0.3, -0.25) is 23.7 Å². The van der Waals surface area contributed by atoms with Crippen LogP contribution in [0.15, 0.2) is 70.1 Å². The van der Waals surface area contributed by atoms with E-state index in [-0.39, 0.29) is 46.9 Å². The molecule has 4 aromatic rings. The molecule has 27 heteroatoms. The van der Waals surface area contributed by atoms with Gasteiger partial charge in [-0.25, -0.2) is 27.9 Å². The molecule has 5 atom stereocenters. The maximum Gasteiger partial charge on any atom is 0.481 e. The first kappa shape index (κ1) is 47.4. The van der Waals surface area contributed by atoms with Gasteiger partial charge in [-0.2, -0.15) is 4.31 Å². The third-order valence-corrected chi connectivity index (χ3v) is 12.6. The lowest BCUT2D eigenvalue weighted by atomic mass is 9.89. The number of nitrogens with two attached hydrogens (primary N) is 1. The van der Waals surface area contributed by atoms with Crippen LogP contribution in [-0.2, 0) is 34.5 Å². The summed E-state index contributed by atoms with van der Waals surface area (Å²) in [7, 11) is -2.01. The Hall–Kier alpha value is -6.53. The highest BCUT2D eigenvalue weighted by molar-refractivity contribution is 7.60. The normalized spacial score (nSPS) is 18.3. The van der Waals surface area contributed by atoms with Crippen molar-refractivity contribution >= 4 is 67.4 Å². The molecule has 0 saturated carbocycles. The van der Waals surface area contributed by atoms with Gasteiger partial charge in [0.05, 0.1) is 25.3 Å². The maximum atomic E-state index is 13.6. The summed E-state index contributed by atoms with van der Waals surface area (Å²) in [5.74, 6) is -1.68. The summed E-state index contributed by atoms with van der Waals surface area (Å²) < 4.78 is 54.1. The Morgan fingerprint density at radius 1 is 1.03 bits per heavy atom. The predicted octanol–water partition coefficient (Wildman–Crippen LogP) is 0.455. The summed E-state index contributed by atoms with van der Waals surface area (Å²) in [5, 5.41) is 28.2. The molecule has 350 valence electrons. The van der Waals surface area contributed by atoms with Crippen LogP contribution in [0.4, 0.5) is 16.4 Å². The number of H-pyrrole nitrogens is 1. The number of aliphatic hydroxyl groups is 1. The number of carbonyl (C=O) groups is 3. The van der Waals surface area contributed by atoms with E-state index in [4.69, 9.17) is 33.9 Å². The molecule has 0 bridgehead atoms. The van der Waals surface area contributed by atoms with E-state index < -0.39 is 70.3 Å². The number of carboxylic acid groups (broad SMARTS) is 1. The number of benzene rings is 3. The summed E-state index contributed by atoms with van der Waals surface area (Å²) in [6.07, 6.45) is -6.52. The topological polar surface area (TPSA) is 347 Å². The lowest BCUT2D eigenvalue weighted by Crippen LogP contribution is -2.47. The molecule has 2 aromatic heterocycles. The van der Waals surface area contributed by atoms with Crippen molar-refractivity contribution in [3.63, 3.8) is 0 Å². The highest BCUT2D eigenvalue weighted by Gasteiger charge is 2.51. The van der Waals surface area contributed by atoms with E-state index in [1.54, 1.807) is 0 Å². The molecular formula is C39H45N9O16P2+2. The lowest BCUT2D eigenvalue weighted by Gasteiger charge is -2.21. The number of nitrogen functional groups attached to an aromatic ring is 1. The second-order valence-electron chi connectivity index (χ2n) is 15.4. The molecule has 25 nitrogen and oxygen atoms in total. The van der Waals surface area contributed by atoms with Gasteiger partial charge in [-0.15, -0.1) is 0 Å². The third kappa shape index (κ3) is 9.99. The average molecular weight is 958 g/mol. The van der Waals surface area contributed by atoms with Gasteiger partial charge in [-0.1, -0.05) is 4.98 Å². The Morgan fingerprint density at radius 2 is 1.76 bits per heavy atom. The number of hydrogen-bond donors (Lipinski definition) is 9. The quantitative estimate of drug-likeness (QED) is 0.0310. The average Bonchev–Trinajstić information content (AvgIpc) is 3.72. The number of alkyl carbamates (subject to hydrolysis) is 1. The molecule has 2 aliphatic heterocycles. The third-order valence-electron chi connectivity index (χ3n) is 10.4. The van der Waals surface area contributed by atoms with Crippen LogP contribution >= 0.6 is 15.6 Å². The van der Waals surface area contributed by atoms with Crippen molar-refractivity contribution in [1.82, 2.24) is 29.7 Å². The molecule has 2 amide bonds. The summed E-state index contributed by atoms with van der Waals surface area (Å²) >= 11 is 0. The van der Waals surface area contributed by atoms with Crippen molar-refractivity contribution < 1.29 is 75.7 Å². The zero-order valence-electron chi connectivity index (χ0n) is 35.6. The highest BCUT2D eigenvalue weighted by atomic mass is 31.3. The van der Waals surface area contributed by atoms with Crippen molar-refractivity contribution in [2.75, 3.05) is 58.5 Å². The van der Waals surface area contributed by atoms with Gasteiger partial charge in [0.15, 0.2) is 18.5 Å². The number of aryl methyl sites for hydroxylation is 1. The number of imidazole rings is 1. The summed E-state index contributed by atoms with van der Waals surface area (Å²) in [6, 6.07) is 15.2. The molecule has 0 radical (unpaired) electrons. The fourth-order valence-electron chi connectivity index (χ4n) is 7.41. The van der Waals surface area contributed by atoms with E-state index in [1.165, 1.54) is 40.7 Å². The number of phosphoric ester groups is 1. The first-order valence-electron chi connectivity index (χ1n) is 19.6. The smallest absolute Gasteiger partial charge is 0.478 e. The number of nitrogens with zero attached hydrogens (tertiary/aromatic N) is 5. The standard InChI is InChI=1S/C39H43N9O16P2/c1-45(2)20-7-10-23-26(15-20)61-27-16-21(46(3)4)8-11-24(27)29(23)25-14-19(6-9-22(25)37(52)53)34(50)41-12-13-42-39(54)63-32-28(17-60-66(58,59)64-65(55,56)57)62-36(31(32)49)48-18-47(5)30-33(48)43-38(40)44-35(30)51/h6-11,14-16,18,28,31-32,36,49H,12-13,17H2,1-5H3,(H7-2,40,41,42,43,44,50,51,52,53,54,55,56,57,58,59)/p+2/t28-,31-,32-,36-/m1/s1. The SMILES string of the molecule is CN(C)c1ccc2c(-c3cc(C(=O)NCCNC(=O)O[C@H]4[C@@H](O)[C@H]([n+]5cn(C)c6c(=O)[nH]c(N)nc65)O[C@@H]4COP(=O)(O)OP(=O)(O)O)ccc3C(=O)O)c3ccc(=[N+](C)C)cc-3oc2c1. The van der Waals surface area contributed by atoms with Crippen LogP contribution in [0.1, 0.15) is 26.9 Å². The van der Waals surface area contributed by atoms with E-state index in [0.29, 0.717) is 27.9 Å². The van der Waals surface area contributed by atoms with Gasteiger partial charge in [0.1, 0.15) is 31.5 Å². The Morgan fingerprint density at radius 3 is 2.44 bits per heavy atom. The molecule has 3 aliphatic rings. The fraction of sp³-hybridized carbons (Fsp3) is 0.308. The highest BCUT2D eigenvalue weighted by Crippen LogP contribution is 2.57. The zero-order valence-corrected chi connectivity index (χ0v) is 37.4. The van der Waals surface area contributed by atoms with E-state index in [0.717, 1.165) is 11.0 Å². The number of rotatable bonds is 14. The molecular weight excluding hydrogens is 912 g/mol. The second kappa shape index (κ2) is 18.4. The molecule has 1 unspecified atom stereocenters. The van der Waals surface area contributed by atoms with Crippen LogP contribution in [0.25, 0.3) is 44.6 Å². The minimum absolute atomic E-state index is 0.00339. The minimum Gasteiger partial charge on any atom is -0.478 e. The number of hydrogen-bond acceptors (Lipinski definition) is 15. The molecule has 1 saturated heterocycles. The number of nitrogens with one attached hydrogen (secondary N) is 3. The largest absolute Gasteiger partial charge is 0.481 e. The maximum absolute atomic E-state index is 13.6. The van der Waals surface area contributed by atoms with E-state index in [9.17, 15) is 43.4 Å². The van der Waals surface area contributed by atoms with Crippen molar-refractivity contribution in [1.29, 1.82) is 0 Å². The van der Waals surface area contributed by atoms with Crippen molar-refractivity contribution in [3.8, 4) is 22.5 Å². The number of anilines is 2. The van der Waals surface area contributed by atoms with E-state index in [1.807, 2.05) is 74.1 Å². The number of fused-ring (bicyclic) bond motifs is 3. The molecule has 4 heterocycles. The van der Waals surface area contributed by atoms with Crippen LogP contribution in [0.3, 0.4) is 0 Å². The Labute approximate surface area is 372 Å². The van der Waals surface area contributed by atoms with Crippen LogP contribution in [-0.4, -0.2) is 124 Å². The van der Waals surface area contributed by atoms with Gasteiger partial charge in [0, 0.05) is 67.1 Å². The fourth-order valence-corrected chi connectivity index (χ4v) is 9.01. The number of aliphatic hydroxyl groups excluding tert-OH is 1. The Bertz CT molecular complexity index is 3110. The molecule has 1 aliphatic carbocycles. The van der Waals surface area contributed by atoms with Crippen LogP contribution in [0, 0.1) is 0 Å². The molecule has 7 rings (SSSR count). The van der Waals surface area contributed by atoms with Crippen LogP contribution < -0.4 is 41.3 Å². The minimum atomic E-state index is -5.53. The van der Waals surface area contributed by atoms with Gasteiger partial charge < -0.3 is 60.1 Å². The van der Waals surface area contributed by atoms with E-state index in [2.05, 4.69) is 24.9 Å². The zero-order chi connectivity index (χ0) is 48.0. The van der Waals surface area contributed by atoms with Crippen molar-refractivity contribution in [3.05, 3.63) is 87.8 Å². The number of aromatic amines is 1. The van der Waals surface area contributed by atoms with Crippen LogP contribution in [0.2, 0.25) is 0 Å². The van der Waals surface area contributed by atoms with Crippen molar-refractivity contribution in [2.24, 2.45) is 7.05 Å². The van der Waals surface area contributed by atoms with Gasteiger partial charge in [-0.05, 0) is 42.0 Å². The van der Waals surface area contributed by atoms with Gasteiger partial charge in [0.25, 0.3) is 17.4 Å². The summed E-state index contributed by atoms with van der Waals surface area (Å²) in [5.41, 5.74) is 7.69. The summed E-state index contributed by atoms with van der Waals surface area (Å²) in [6.45, 7) is -1.49. The number of ether oxygens (including phenoxy) is 2. The van der Waals surface area contributed by atoms with Gasteiger partial charge >= 0.3 is 33.4 Å².